The largest absolute Gasteiger partial charge is 0.464 e. The molecule has 21 heavy (non-hydrogen) atoms. The molecule has 0 aromatic heterocycles. The summed E-state index contributed by atoms with van der Waals surface area (Å²) in [5.74, 6) is -1.54. The van der Waals surface area contributed by atoms with Crippen molar-refractivity contribution in [2.45, 2.75) is 13.0 Å². The summed E-state index contributed by atoms with van der Waals surface area (Å²) in [5.41, 5.74) is 0.160. The molecule has 1 amide bonds. The predicted molar refractivity (Wildman–Crippen MR) is 75.7 cm³/mol. The van der Waals surface area contributed by atoms with E-state index in [1.807, 2.05) is 0 Å². The summed E-state index contributed by atoms with van der Waals surface area (Å²) in [7, 11) is 0. The Hall–Kier alpha value is -1.66. The number of carbonyl (C=O) groups excluding carboxylic acids is 2. The molecule has 0 radical (unpaired) electrons. The molecule has 0 spiro atoms. The molecule has 1 aromatic carbocycles. The smallest absolute Gasteiger partial charge is 0.330 e. The van der Waals surface area contributed by atoms with Crippen LogP contribution in [0.1, 0.15) is 17.3 Å². The monoisotopic (exact) mass is 314 g/mol. The zero-order chi connectivity index (χ0) is 15.4. The Bertz CT molecular complexity index is 553. The van der Waals surface area contributed by atoms with Crippen molar-refractivity contribution >= 4 is 23.5 Å². The number of hydrogen-bond donors (Lipinski definition) is 1. The number of amides is 1. The van der Waals surface area contributed by atoms with Crippen LogP contribution in [0, 0.1) is 5.82 Å². The van der Waals surface area contributed by atoms with Gasteiger partial charge < -0.3 is 15.0 Å². The van der Waals surface area contributed by atoms with Crippen LogP contribution in [0.25, 0.3) is 0 Å². The molecule has 1 aromatic rings. The Morgan fingerprint density at radius 2 is 2.29 bits per heavy atom. The SMILES string of the molecule is CCOC(=O)C1CNCCN1C(=O)c1ccc(Cl)c(F)c1. The molecule has 1 atom stereocenters. The van der Waals surface area contributed by atoms with Crippen molar-refractivity contribution in [1.29, 1.82) is 0 Å². The van der Waals surface area contributed by atoms with E-state index in [1.165, 1.54) is 17.0 Å². The average molecular weight is 315 g/mol. The van der Waals surface area contributed by atoms with Crippen molar-refractivity contribution in [3.05, 3.63) is 34.6 Å². The highest BCUT2D eigenvalue weighted by atomic mass is 35.5. The number of halogens is 2. The number of carbonyl (C=O) groups is 2. The molecule has 0 bridgehead atoms. The number of ether oxygens (including phenoxy) is 1. The molecular weight excluding hydrogens is 299 g/mol. The van der Waals surface area contributed by atoms with Gasteiger partial charge in [0.1, 0.15) is 11.9 Å². The van der Waals surface area contributed by atoms with Crippen molar-refractivity contribution in [2.24, 2.45) is 0 Å². The minimum absolute atomic E-state index is 0.0474. The fraction of sp³-hybridized carbons (Fsp3) is 0.429. The fourth-order valence-corrected chi connectivity index (χ4v) is 2.31. The second-order valence-electron chi connectivity index (χ2n) is 4.60. The predicted octanol–water partition coefficient (Wildman–Crippen LogP) is 1.46. The number of rotatable bonds is 3. The molecule has 1 aliphatic heterocycles. The van der Waals surface area contributed by atoms with Crippen LogP contribution in [0.2, 0.25) is 5.02 Å². The van der Waals surface area contributed by atoms with Crippen molar-refractivity contribution in [1.82, 2.24) is 10.2 Å². The maximum atomic E-state index is 13.5. The second-order valence-corrected chi connectivity index (χ2v) is 5.01. The van der Waals surface area contributed by atoms with Gasteiger partial charge >= 0.3 is 5.97 Å². The van der Waals surface area contributed by atoms with Crippen molar-refractivity contribution < 1.29 is 18.7 Å². The van der Waals surface area contributed by atoms with Gasteiger partial charge in [-0.25, -0.2) is 9.18 Å². The number of nitrogens with one attached hydrogen (secondary N) is 1. The lowest BCUT2D eigenvalue weighted by atomic mass is 10.1. The van der Waals surface area contributed by atoms with Gasteiger partial charge in [0.15, 0.2) is 0 Å². The summed E-state index contributed by atoms with van der Waals surface area (Å²) < 4.78 is 18.4. The quantitative estimate of drug-likeness (QED) is 0.858. The third-order valence-corrected chi connectivity index (χ3v) is 3.54. The Morgan fingerprint density at radius 1 is 1.52 bits per heavy atom. The molecule has 1 N–H and O–H groups in total. The topological polar surface area (TPSA) is 58.6 Å². The van der Waals surface area contributed by atoms with E-state index >= 15 is 0 Å². The highest BCUT2D eigenvalue weighted by molar-refractivity contribution is 6.30. The lowest BCUT2D eigenvalue weighted by Crippen LogP contribution is -2.57. The Kier molecular flexibility index (Phi) is 5.14. The van der Waals surface area contributed by atoms with Gasteiger partial charge in [0.25, 0.3) is 5.91 Å². The number of benzene rings is 1. The Labute approximate surface area is 127 Å². The highest BCUT2D eigenvalue weighted by Gasteiger charge is 2.33. The molecule has 1 unspecified atom stereocenters. The molecule has 0 aliphatic carbocycles. The van der Waals surface area contributed by atoms with E-state index < -0.39 is 23.7 Å². The number of piperazine rings is 1. The maximum Gasteiger partial charge on any atom is 0.330 e. The summed E-state index contributed by atoms with van der Waals surface area (Å²) in [4.78, 5) is 25.8. The molecule has 2 rings (SSSR count). The molecule has 1 fully saturated rings. The standard InChI is InChI=1S/C14H16ClFN2O3/c1-2-21-14(20)12-8-17-5-6-18(12)13(19)9-3-4-10(15)11(16)7-9/h3-4,7,12,17H,2,5-6,8H2,1H3. The van der Waals surface area contributed by atoms with Gasteiger partial charge in [-0.05, 0) is 25.1 Å². The van der Waals surface area contributed by atoms with E-state index in [0.717, 1.165) is 6.07 Å². The van der Waals surface area contributed by atoms with E-state index in [0.29, 0.717) is 19.6 Å². The first-order chi connectivity index (χ1) is 10.0. The average Bonchev–Trinajstić information content (AvgIpc) is 2.49. The van der Waals surface area contributed by atoms with E-state index in [4.69, 9.17) is 16.3 Å². The van der Waals surface area contributed by atoms with Gasteiger partial charge in [-0.3, -0.25) is 4.79 Å². The first kappa shape index (κ1) is 15.7. The lowest BCUT2D eigenvalue weighted by molar-refractivity contribution is -0.149. The number of nitrogens with zero attached hydrogens (tertiary/aromatic N) is 1. The van der Waals surface area contributed by atoms with Crippen LogP contribution < -0.4 is 5.32 Å². The van der Waals surface area contributed by atoms with Crippen LogP contribution >= 0.6 is 11.6 Å². The van der Waals surface area contributed by atoms with Gasteiger partial charge in [-0.2, -0.15) is 0 Å². The summed E-state index contributed by atoms with van der Waals surface area (Å²) >= 11 is 5.61. The van der Waals surface area contributed by atoms with E-state index in [1.54, 1.807) is 6.92 Å². The lowest BCUT2D eigenvalue weighted by Gasteiger charge is -2.34. The normalized spacial score (nSPS) is 18.4. The van der Waals surface area contributed by atoms with Crippen LogP contribution in [-0.2, 0) is 9.53 Å². The molecule has 1 saturated heterocycles. The van der Waals surface area contributed by atoms with Crippen LogP contribution in [0.5, 0.6) is 0 Å². The zero-order valence-electron chi connectivity index (χ0n) is 11.6. The maximum absolute atomic E-state index is 13.5. The molecule has 1 aliphatic rings. The van der Waals surface area contributed by atoms with E-state index in [2.05, 4.69) is 5.32 Å². The molecule has 5 nitrogen and oxygen atoms in total. The van der Waals surface area contributed by atoms with Crippen LogP contribution in [0.3, 0.4) is 0 Å². The third kappa shape index (κ3) is 3.51. The van der Waals surface area contributed by atoms with Gasteiger partial charge in [-0.15, -0.1) is 0 Å². The second kappa shape index (κ2) is 6.87. The molecule has 114 valence electrons. The Balaban J connectivity index is 2.21. The summed E-state index contributed by atoms with van der Waals surface area (Å²) in [5, 5.41) is 2.99. The number of esters is 1. The summed E-state index contributed by atoms with van der Waals surface area (Å²) in [6, 6.07) is 3.14. The third-order valence-electron chi connectivity index (χ3n) is 3.23. The van der Waals surface area contributed by atoms with Gasteiger partial charge in [-0.1, -0.05) is 11.6 Å². The molecule has 0 saturated carbocycles. The summed E-state index contributed by atoms with van der Waals surface area (Å²) in [6.45, 7) is 3.19. The highest BCUT2D eigenvalue weighted by Crippen LogP contribution is 2.18. The summed E-state index contributed by atoms with van der Waals surface area (Å²) in [6.07, 6.45) is 0. The fourth-order valence-electron chi connectivity index (χ4n) is 2.19. The first-order valence-electron chi connectivity index (χ1n) is 6.68. The van der Waals surface area contributed by atoms with Crippen molar-refractivity contribution in [3.63, 3.8) is 0 Å². The van der Waals surface area contributed by atoms with Gasteiger partial charge in [0.2, 0.25) is 0 Å². The minimum Gasteiger partial charge on any atom is -0.464 e. The van der Waals surface area contributed by atoms with E-state index in [-0.39, 0.29) is 17.2 Å². The van der Waals surface area contributed by atoms with Crippen LogP contribution in [0.4, 0.5) is 4.39 Å². The molecule has 7 heteroatoms. The van der Waals surface area contributed by atoms with Gasteiger partial charge in [0, 0.05) is 25.2 Å². The first-order valence-corrected chi connectivity index (χ1v) is 7.05. The van der Waals surface area contributed by atoms with E-state index in [9.17, 15) is 14.0 Å². The molecular formula is C14H16ClFN2O3. The van der Waals surface area contributed by atoms with Crippen molar-refractivity contribution in [2.75, 3.05) is 26.2 Å². The van der Waals surface area contributed by atoms with Gasteiger partial charge in [0.05, 0.1) is 11.6 Å². The van der Waals surface area contributed by atoms with Crippen LogP contribution in [0.15, 0.2) is 18.2 Å². The molecule has 1 heterocycles. The number of hydrogen-bond acceptors (Lipinski definition) is 4. The van der Waals surface area contributed by atoms with Crippen molar-refractivity contribution in [3.8, 4) is 0 Å². The Morgan fingerprint density at radius 3 is 2.95 bits per heavy atom. The minimum atomic E-state index is -0.704. The van der Waals surface area contributed by atoms with Crippen LogP contribution in [-0.4, -0.2) is 49.1 Å². The zero-order valence-corrected chi connectivity index (χ0v) is 12.3.